The van der Waals surface area contributed by atoms with Crippen LogP contribution in [0, 0.1) is 17.6 Å². The molecule has 1 aliphatic rings. The van der Waals surface area contributed by atoms with Gasteiger partial charge in [0.1, 0.15) is 5.54 Å². The van der Waals surface area contributed by atoms with Gasteiger partial charge in [-0.1, -0.05) is 26.8 Å². The van der Waals surface area contributed by atoms with Crippen LogP contribution in [-0.2, 0) is 11.3 Å². The second-order valence-corrected chi connectivity index (χ2v) is 6.85. The number of hydrogen-bond acceptors (Lipinski definition) is 2. The molecule has 2 unspecified atom stereocenters. The van der Waals surface area contributed by atoms with Crippen LogP contribution in [0.2, 0.25) is 0 Å². The summed E-state index contributed by atoms with van der Waals surface area (Å²) in [5, 5.41) is 0. The maximum atomic E-state index is 13.5. The molecule has 132 valence electrons. The fraction of sp³-hybridized carbons (Fsp3) is 0.556. The van der Waals surface area contributed by atoms with Crippen molar-refractivity contribution in [3.8, 4) is 0 Å². The van der Waals surface area contributed by atoms with E-state index in [2.05, 4.69) is 0 Å². The van der Waals surface area contributed by atoms with Crippen LogP contribution in [0.15, 0.2) is 18.2 Å². The van der Waals surface area contributed by atoms with Gasteiger partial charge < -0.3 is 4.90 Å². The quantitative estimate of drug-likeness (QED) is 0.763. The molecule has 24 heavy (non-hydrogen) atoms. The molecule has 2 atom stereocenters. The van der Waals surface area contributed by atoms with E-state index < -0.39 is 17.2 Å². The molecule has 1 heterocycles. The van der Waals surface area contributed by atoms with Crippen molar-refractivity contribution in [2.24, 2.45) is 5.92 Å². The molecule has 0 aromatic heterocycles. The lowest BCUT2D eigenvalue weighted by molar-refractivity contribution is -0.135. The van der Waals surface area contributed by atoms with Gasteiger partial charge in [-0.3, -0.25) is 9.69 Å². The maximum Gasteiger partial charge on any atom is 0.328 e. The molecule has 6 heteroatoms. The van der Waals surface area contributed by atoms with Gasteiger partial charge in [-0.25, -0.2) is 13.6 Å². The Morgan fingerprint density at radius 1 is 1.12 bits per heavy atom. The molecule has 0 N–H and O–H groups in total. The molecule has 0 bridgehead atoms. The number of rotatable bonds is 5. The smallest absolute Gasteiger partial charge is 0.305 e. The summed E-state index contributed by atoms with van der Waals surface area (Å²) in [5.74, 6) is -2.25. The largest absolute Gasteiger partial charge is 0.328 e. The average molecular weight is 338 g/mol. The van der Waals surface area contributed by atoms with Crippen molar-refractivity contribution in [1.82, 2.24) is 9.80 Å². The van der Waals surface area contributed by atoms with Gasteiger partial charge >= 0.3 is 6.03 Å². The molecule has 1 aromatic carbocycles. The lowest BCUT2D eigenvalue weighted by atomic mass is 9.86. The molecule has 1 fully saturated rings. The summed E-state index contributed by atoms with van der Waals surface area (Å²) in [6, 6.07) is 2.95. The van der Waals surface area contributed by atoms with Gasteiger partial charge in [-0.2, -0.15) is 0 Å². The minimum atomic E-state index is -1.01. The Balaban J connectivity index is 2.42. The zero-order valence-electron chi connectivity index (χ0n) is 14.8. The molecule has 1 saturated heterocycles. The average Bonchev–Trinajstić information content (AvgIpc) is 2.72. The number of carbonyl (C=O) groups excluding carboxylic acids is 2. The minimum Gasteiger partial charge on any atom is -0.305 e. The number of hydrogen-bond donors (Lipinski definition) is 0. The second kappa shape index (κ2) is 6.49. The maximum absolute atomic E-state index is 13.5. The van der Waals surface area contributed by atoms with Crippen LogP contribution in [-0.4, -0.2) is 33.3 Å². The summed E-state index contributed by atoms with van der Waals surface area (Å²) in [6.45, 7) is 9.30. The number of nitrogens with zero attached hydrogens (tertiary/aromatic N) is 2. The first-order valence-electron chi connectivity index (χ1n) is 8.23. The van der Waals surface area contributed by atoms with Crippen molar-refractivity contribution in [3.63, 3.8) is 0 Å². The Morgan fingerprint density at radius 2 is 1.75 bits per heavy atom. The Bertz CT molecular complexity index is 662. The Hall–Kier alpha value is -1.98. The highest BCUT2D eigenvalue weighted by Gasteiger charge is 2.56. The number of urea groups is 1. The van der Waals surface area contributed by atoms with Gasteiger partial charge in [-0.15, -0.1) is 0 Å². The van der Waals surface area contributed by atoms with E-state index in [1.165, 1.54) is 15.9 Å². The minimum absolute atomic E-state index is 0.0589. The van der Waals surface area contributed by atoms with Crippen molar-refractivity contribution < 1.29 is 18.4 Å². The third-order valence-corrected chi connectivity index (χ3v) is 5.13. The summed E-state index contributed by atoms with van der Waals surface area (Å²) in [7, 11) is 0. The van der Waals surface area contributed by atoms with E-state index in [4.69, 9.17) is 0 Å². The SMILES string of the molecule is CCC(C)N1C(=O)N(Cc2ccc(F)c(F)c2)C(C)(C(C)C)C1=O. The van der Waals surface area contributed by atoms with Crippen LogP contribution in [0.3, 0.4) is 0 Å². The van der Waals surface area contributed by atoms with E-state index in [0.717, 1.165) is 12.1 Å². The summed E-state index contributed by atoms with van der Waals surface area (Å²) < 4.78 is 26.6. The molecule has 0 spiro atoms. The van der Waals surface area contributed by atoms with Crippen molar-refractivity contribution in [2.75, 3.05) is 0 Å². The monoisotopic (exact) mass is 338 g/mol. The lowest BCUT2D eigenvalue weighted by Gasteiger charge is -2.35. The fourth-order valence-electron chi connectivity index (χ4n) is 2.96. The van der Waals surface area contributed by atoms with Crippen LogP contribution in [0.4, 0.5) is 13.6 Å². The van der Waals surface area contributed by atoms with Crippen LogP contribution in [0.1, 0.15) is 46.6 Å². The molecule has 0 aliphatic carbocycles. The summed E-state index contributed by atoms with van der Waals surface area (Å²) in [5.41, 5.74) is -0.557. The molecule has 0 radical (unpaired) electrons. The third-order valence-electron chi connectivity index (χ3n) is 5.13. The van der Waals surface area contributed by atoms with E-state index in [9.17, 15) is 18.4 Å². The number of benzene rings is 1. The van der Waals surface area contributed by atoms with Crippen LogP contribution >= 0.6 is 0 Å². The summed E-state index contributed by atoms with van der Waals surface area (Å²) >= 11 is 0. The molecule has 0 saturated carbocycles. The number of amides is 3. The third kappa shape index (κ3) is 2.78. The Kier molecular flexibility index (Phi) is 4.97. The molecule has 3 amide bonds. The molecular formula is C18H24F2N2O2. The predicted molar refractivity (Wildman–Crippen MR) is 87.1 cm³/mol. The van der Waals surface area contributed by atoms with Gasteiger partial charge in [0.15, 0.2) is 11.6 Å². The van der Waals surface area contributed by atoms with Gasteiger partial charge in [0.05, 0.1) is 0 Å². The number of carbonyl (C=O) groups is 2. The van der Waals surface area contributed by atoms with E-state index in [0.29, 0.717) is 12.0 Å². The first-order valence-corrected chi connectivity index (χ1v) is 8.23. The van der Waals surface area contributed by atoms with Crippen molar-refractivity contribution in [1.29, 1.82) is 0 Å². The van der Waals surface area contributed by atoms with Crippen LogP contribution in [0.5, 0.6) is 0 Å². The van der Waals surface area contributed by atoms with Gasteiger partial charge in [0, 0.05) is 12.6 Å². The molecule has 1 aromatic rings. The van der Waals surface area contributed by atoms with E-state index >= 15 is 0 Å². The van der Waals surface area contributed by atoms with E-state index in [1.54, 1.807) is 6.92 Å². The second-order valence-electron chi connectivity index (χ2n) is 6.85. The Labute approximate surface area is 141 Å². The van der Waals surface area contributed by atoms with Gasteiger partial charge in [0.25, 0.3) is 5.91 Å². The molecule has 4 nitrogen and oxygen atoms in total. The van der Waals surface area contributed by atoms with Crippen molar-refractivity contribution in [2.45, 2.75) is 59.2 Å². The number of halogens is 2. The van der Waals surface area contributed by atoms with Crippen molar-refractivity contribution in [3.05, 3.63) is 35.4 Å². The van der Waals surface area contributed by atoms with Gasteiger partial charge in [0.2, 0.25) is 0 Å². The summed E-state index contributed by atoms with van der Waals surface area (Å²) in [6.07, 6.45) is 0.657. The lowest BCUT2D eigenvalue weighted by Crippen LogP contribution is -2.51. The number of imide groups is 1. The molecule has 2 rings (SSSR count). The van der Waals surface area contributed by atoms with E-state index in [-0.39, 0.29) is 30.4 Å². The first-order chi connectivity index (χ1) is 11.1. The van der Waals surface area contributed by atoms with E-state index in [1.807, 2.05) is 27.7 Å². The molecule has 1 aliphatic heterocycles. The summed E-state index contributed by atoms with van der Waals surface area (Å²) in [4.78, 5) is 28.5. The van der Waals surface area contributed by atoms with Crippen LogP contribution in [0.25, 0.3) is 0 Å². The Morgan fingerprint density at radius 3 is 2.25 bits per heavy atom. The first kappa shape index (κ1) is 18.4. The molecular weight excluding hydrogens is 314 g/mol. The zero-order valence-corrected chi connectivity index (χ0v) is 14.8. The highest BCUT2D eigenvalue weighted by molar-refractivity contribution is 6.07. The predicted octanol–water partition coefficient (Wildman–Crippen LogP) is 3.94. The highest BCUT2D eigenvalue weighted by atomic mass is 19.2. The standard InChI is InChI=1S/C18H24F2N2O2/c1-6-12(4)22-16(23)18(5,11(2)3)21(17(22)24)10-13-7-8-14(19)15(20)9-13/h7-9,11-12H,6,10H2,1-5H3. The topological polar surface area (TPSA) is 40.6 Å². The highest BCUT2D eigenvalue weighted by Crippen LogP contribution is 2.37. The normalized spacial score (nSPS) is 22.7. The fourth-order valence-corrected chi connectivity index (χ4v) is 2.96. The van der Waals surface area contributed by atoms with Crippen LogP contribution < -0.4 is 0 Å². The van der Waals surface area contributed by atoms with Crippen molar-refractivity contribution >= 4 is 11.9 Å². The zero-order chi connectivity index (χ0) is 18.2. The van der Waals surface area contributed by atoms with Gasteiger partial charge in [-0.05, 0) is 43.9 Å².